The molecule has 108 valence electrons. The highest BCUT2D eigenvalue weighted by Gasteiger charge is 2.19. The molecule has 2 aromatic rings. The Bertz CT molecular complexity index is 642. The standard InChI is InChI=1S/C13H13Cl3N2OS/c1-17-3-2-4-18-13(19)12-11(16)10-8(15)5-7(14)6-9(10)20-12/h5-6,17H,2-4H2,1H3,(H,18,19). The Kier molecular flexibility index (Phi) is 5.52. The molecule has 0 aliphatic carbocycles. The van der Waals surface area contributed by atoms with E-state index in [-0.39, 0.29) is 5.91 Å². The lowest BCUT2D eigenvalue weighted by Gasteiger charge is -2.03. The molecule has 0 bridgehead atoms. The topological polar surface area (TPSA) is 41.1 Å². The monoisotopic (exact) mass is 350 g/mol. The molecule has 1 aromatic carbocycles. The average molecular weight is 352 g/mol. The number of rotatable bonds is 5. The van der Waals surface area contributed by atoms with Gasteiger partial charge in [0.1, 0.15) is 4.88 Å². The normalized spacial score (nSPS) is 11.0. The van der Waals surface area contributed by atoms with Gasteiger partial charge in [0.15, 0.2) is 0 Å². The average Bonchev–Trinajstić information content (AvgIpc) is 2.71. The molecular weight excluding hydrogens is 339 g/mol. The molecule has 0 aliphatic rings. The Morgan fingerprint density at radius 3 is 2.70 bits per heavy atom. The number of halogens is 3. The maximum Gasteiger partial charge on any atom is 0.262 e. The van der Waals surface area contributed by atoms with E-state index in [2.05, 4.69) is 10.6 Å². The molecule has 1 heterocycles. The van der Waals surface area contributed by atoms with Crippen LogP contribution >= 0.6 is 46.1 Å². The predicted octanol–water partition coefficient (Wildman–Crippen LogP) is 4.20. The van der Waals surface area contributed by atoms with Crippen LogP contribution in [0.4, 0.5) is 0 Å². The van der Waals surface area contributed by atoms with Crippen LogP contribution in [0.5, 0.6) is 0 Å². The van der Waals surface area contributed by atoms with E-state index in [9.17, 15) is 4.79 Å². The number of fused-ring (bicyclic) bond motifs is 1. The molecule has 2 rings (SSSR count). The number of amides is 1. The van der Waals surface area contributed by atoms with E-state index in [0.29, 0.717) is 31.9 Å². The van der Waals surface area contributed by atoms with Crippen molar-refractivity contribution >= 4 is 62.1 Å². The third-order valence-corrected chi connectivity index (χ3v) is 4.89. The van der Waals surface area contributed by atoms with Gasteiger partial charge in [0.25, 0.3) is 5.91 Å². The third-order valence-electron chi connectivity index (χ3n) is 2.75. The molecule has 3 nitrogen and oxygen atoms in total. The molecule has 0 saturated carbocycles. The van der Waals surface area contributed by atoms with E-state index in [0.717, 1.165) is 17.7 Å². The Morgan fingerprint density at radius 2 is 2.00 bits per heavy atom. The predicted molar refractivity (Wildman–Crippen MR) is 87.7 cm³/mol. The molecule has 0 radical (unpaired) electrons. The van der Waals surface area contributed by atoms with Crippen LogP contribution in [0.2, 0.25) is 15.1 Å². The Balaban J connectivity index is 2.24. The van der Waals surface area contributed by atoms with Crippen LogP contribution in [0.1, 0.15) is 16.1 Å². The quantitative estimate of drug-likeness (QED) is 0.793. The van der Waals surface area contributed by atoms with Crippen molar-refractivity contribution in [3.63, 3.8) is 0 Å². The van der Waals surface area contributed by atoms with Gasteiger partial charge < -0.3 is 10.6 Å². The summed E-state index contributed by atoms with van der Waals surface area (Å²) >= 11 is 19.6. The minimum atomic E-state index is -0.181. The van der Waals surface area contributed by atoms with Gasteiger partial charge in [0.05, 0.1) is 10.0 Å². The first-order valence-corrected chi connectivity index (χ1v) is 7.99. The van der Waals surface area contributed by atoms with Crippen molar-refractivity contribution in [2.75, 3.05) is 20.1 Å². The number of nitrogens with one attached hydrogen (secondary N) is 2. The van der Waals surface area contributed by atoms with Crippen LogP contribution < -0.4 is 10.6 Å². The first-order chi connectivity index (χ1) is 9.54. The molecule has 0 fully saturated rings. The van der Waals surface area contributed by atoms with E-state index in [1.807, 2.05) is 7.05 Å². The SMILES string of the molecule is CNCCCNC(=O)c1sc2cc(Cl)cc(Cl)c2c1Cl. The van der Waals surface area contributed by atoms with E-state index < -0.39 is 0 Å². The van der Waals surface area contributed by atoms with Gasteiger partial charge in [-0.25, -0.2) is 0 Å². The van der Waals surface area contributed by atoms with Gasteiger partial charge >= 0.3 is 0 Å². The van der Waals surface area contributed by atoms with Crippen molar-refractivity contribution in [3.05, 3.63) is 32.1 Å². The third kappa shape index (κ3) is 3.38. The minimum Gasteiger partial charge on any atom is -0.351 e. The van der Waals surface area contributed by atoms with Gasteiger partial charge in [0.2, 0.25) is 0 Å². The summed E-state index contributed by atoms with van der Waals surface area (Å²) < 4.78 is 0.813. The van der Waals surface area contributed by atoms with Crippen LogP contribution in [0.25, 0.3) is 10.1 Å². The van der Waals surface area contributed by atoms with E-state index >= 15 is 0 Å². The van der Waals surface area contributed by atoms with E-state index in [1.165, 1.54) is 11.3 Å². The van der Waals surface area contributed by atoms with Gasteiger partial charge in [-0.1, -0.05) is 34.8 Å². The second kappa shape index (κ2) is 6.96. The lowest BCUT2D eigenvalue weighted by molar-refractivity contribution is 0.0957. The van der Waals surface area contributed by atoms with Crippen LogP contribution in [0.15, 0.2) is 12.1 Å². The second-order valence-corrected chi connectivity index (χ2v) is 6.49. The molecule has 1 amide bonds. The minimum absolute atomic E-state index is 0.181. The molecule has 20 heavy (non-hydrogen) atoms. The van der Waals surface area contributed by atoms with Crippen molar-refractivity contribution in [1.29, 1.82) is 0 Å². The van der Waals surface area contributed by atoms with Crippen LogP contribution in [-0.2, 0) is 0 Å². The number of thiophene rings is 1. The largest absolute Gasteiger partial charge is 0.351 e. The first kappa shape index (κ1) is 15.9. The van der Waals surface area contributed by atoms with Crippen molar-refractivity contribution in [1.82, 2.24) is 10.6 Å². The van der Waals surface area contributed by atoms with Crippen molar-refractivity contribution in [2.24, 2.45) is 0 Å². The van der Waals surface area contributed by atoms with Gasteiger partial charge in [-0.2, -0.15) is 0 Å². The highest BCUT2D eigenvalue weighted by atomic mass is 35.5. The summed E-state index contributed by atoms with van der Waals surface area (Å²) in [7, 11) is 1.87. The Labute approximate surface area is 136 Å². The number of carbonyl (C=O) groups is 1. The van der Waals surface area contributed by atoms with Crippen molar-refractivity contribution < 1.29 is 4.79 Å². The molecule has 0 unspecified atom stereocenters. The number of hydrogen-bond acceptors (Lipinski definition) is 3. The molecule has 0 atom stereocenters. The molecule has 1 aromatic heterocycles. The number of benzene rings is 1. The number of carbonyl (C=O) groups excluding carboxylic acids is 1. The molecular formula is C13H13Cl3N2OS. The fourth-order valence-corrected chi connectivity index (χ4v) is 4.10. The first-order valence-electron chi connectivity index (χ1n) is 6.04. The lowest BCUT2D eigenvalue weighted by Crippen LogP contribution is -2.26. The van der Waals surface area contributed by atoms with E-state index in [4.69, 9.17) is 34.8 Å². The van der Waals surface area contributed by atoms with Crippen molar-refractivity contribution in [3.8, 4) is 0 Å². The van der Waals surface area contributed by atoms with Gasteiger partial charge in [0, 0.05) is 21.7 Å². The zero-order valence-electron chi connectivity index (χ0n) is 10.7. The molecule has 0 aliphatic heterocycles. The highest BCUT2D eigenvalue weighted by molar-refractivity contribution is 7.21. The maximum absolute atomic E-state index is 12.1. The summed E-state index contributed by atoms with van der Waals surface area (Å²) in [5.41, 5.74) is 0. The van der Waals surface area contributed by atoms with Crippen LogP contribution in [-0.4, -0.2) is 26.0 Å². The summed E-state index contributed by atoms with van der Waals surface area (Å²) in [6.45, 7) is 1.45. The summed E-state index contributed by atoms with van der Waals surface area (Å²) in [4.78, 5) is 12.6. The Hall–Kier alpha value is -0.520. The summed E-state index contributed by atoms with van der Waals surface area (Å²) in [6, 6.07) is 3.38. The smallest absolute Gasteiger partial charge is 0.262 e. The maximum atomic E-state index is 12.1. The summed E-state index contributed by atoms with van der Waals surface area (Å²) in [6.07, 6.45) is 0.858. The van der Waals surface area contributed by atoms with Crippen molar-refractivity contribution in [2.45, 2.75) is 6.42 Å². The zero-order chi connectivity index (χ0) is 14.7. The summed E-state index contributed by atoms with van der Waals surface area (Å²) in [5, 5.41) is 7.92. The molecule has 0 spiro atoms. The summed E-state index contributed by atoms with van der Waals surface area (Å²) in [5.74, 6) is -0.181. The van der Waals surface area contributed by atoms with Gasteiger partial charge in [-0.3, -0.25) is 4.79 Å². The van der Waals surface area contributed by atoms with E-state index in [1.54, 1.807) is 12.1 Å². The van der Waals surface area contributed by atoms with Crippen LogP contribution in [0, 0.1) is 0 Å². The lowest BCUT2D eigenvalue weighted by atomic mass is 10.2. The molecule has 0 saturated heterocycles. The second-order valence-electron chi connectivity index (χ2n) is 4.22. The van der Waals surface area contributed by atoms with Crippen LogP contribution in [0.3, 0.4) is 0 Å². The number of hydrogen-bond donors (Lipinski definition) is 2. The highest BCUT2D eigenvalue weighted by Crippen LogP contribution is 2.41. The van der Waals surface area contributed by atoms with Gasteiger partial charge in [-0.15, -0.1) is 11.3 Å². The fourth-order valence-electron chi connectivity index (χ4n) is 1.81. The molecule has 2 N–H and O–H groups in total. The van der Waals surface area contributed by atoms with Gasteiger partial charge in [-0.05, 0) is 32.1 Å². The molecule has 7 heteroatoms. The fraction of sp³-hybridized carbons (Fsp3) is 0.308. The Morgan fingerprint density at radius 1 is 1.25 bits per heavy atom. The zero-order valence-corrected chi connectivity index (χ0v) is 13.8.